The third-order valence-electron chi connectivity index (χ3n) is 6.58. The monoisotopic (exact) mass is 446 g/mol. The molecule has 2 aliphatic heterocycles. The van der Waals surface area contributed by atoms with Crippen molar-refractivity contribution in [2.75, 3.05) is 32.9 Å². The molecule has 0 aliphatic carbocycles. The highest BCUT2D eigenvalue weighted by Crippen LogP contribution is 2.34. The van der Waals surface area contributed by atoms with Gasteiger partial charge in [-0.1, -0.05) is 30.3 Å². The maximum Gasteiger partial charge on any atom is 0.255 e. The molecule has 0 atom stereocenters. The Hall–Kier alpha value is -3.09. The number of carbonyl (C=O) groups is 1. The molecule has 0 bridgehead atoms. The molecule has 3 aromatic rings. The molecule has 2 fully saturated rings. The number of nitrogens with zero attached hydrogens (tertiary/aromatic N) is 2. The van der Waals surface area contributed by atoms with Crippen LogP contribution in [0.4, 0.5) is 0 Å². The van der Waals surface area contributed by atoms with Crippen molar-refractivity contribution < 1.29 is 19.0 Å². The van der Waals surface area contributed by atoms with E-state index in [2.05, 4.69) is 16.7 Å². The largest absolute Gasteiger partial charge is 0.494 e. The normalized spacial score (nSPS) is 17.5. The van der Waals surface area contributed by atoms with Gasteiger partial charge >= 0.3 is 0 Å². The average Bonchev–Trinajstić information content (AvgIpc) is 3.45. The fraction of sp³-hybridized carbons (Fsp3) is 0.370. The van der Waals surface area contributed by atoms with E-state index < -0.39 is 5.79 Å². The van der Waals surface area contributed by atoms with E-state index in [1.54, 1.807) is 0 Å². The molecule has 2 aliphatic rings. The summed E-state index contributed by atoms with van der Waals surface area (Å²) < 4.78 is 19.4. The van der Waals surface area contributed by atoms with Crippen LogP contribution >= 0.6 is 0 Å². The molecule has 33 heavy (non-hydrogen) atoms. The number of ether oxygens (including phenoxy) is 3. The van der Waals surface area contributed by atoms with Gasteiger partial charge in [0.05, 0.1) is 31.1 Å². The maximum absolute atomic E-state index is 13.6. The van der Waals surface area contributed by atoms with Crippen molar-refractivity contribution in [1.82, 2.24) is 9.47 Å². The van der Waals surface area contributed by atoms with Crippen LogP contribution in [-0.2, 0) is 9.47 Å². The number of amides is 1. The molecule has 0 N–H and O–H groups in total. The Bertz CT molecular complexity index is 1110. The van der Waals surface area contributed by atoms with Crippen LogP contribution in [0.5, 0.6) is 5.75 Å². The molecule has 1 spiro atoms. The summed E-state index contributed by atoms with van der Waals surface area (Å²) in [5.74, 6) is 0.402. The van der Waals surface area contributed by atoms with Crippen LogP contribution in [0.3, 0.4) is 0 Å². The molecule has 0 unspecified atom stereocenters. The molecule has 2 aromatic carbocycles. The summed E-state index contributed by atoms with van der Waals surface area (Å²) in [5.41, 5.74) is 4.72. The lowest BCUT2D eigenvalue weighted by Crippen LogP contribution is -2.47. The second kappa shape index (κ2) is 9.04. The first-order chi connectivity index (χ1) is 16.1. The summed E-state index contributed by atoms with van der Waals surface area (Å²) in [7, 11) is 0. The molecule has 0 saturated carbocycles. The highest BCUT2D eigenvalue weighted by Gasteiger charge is 2.41. The average molecular weight is 447 g/mol. The minimum absolute atomic E-state index is 0.0576. The molecule has 1 amide bonds. The van der Waals surface area contributed by atoms with Gasteiger partial charge in [-0.05, 0) is 49.7 Å². The SMILES string of the molecule is CCOc1ccc(-n2c(-c3ccccc3)cc(C(=O)N3CCC4(CC3)OCCO4)c2C)cc1. The van der Waals surface area contributed by atoms with Gasteiger partial charge in [0, 0.05) is 37.3 Å². The number of benzene rings is 2. The van der Waals surface area contributed by atoms with E-state index in [0.717, 1.165) is 34.0 Å². The Balaban J connectivity index is 1.49. The molecule has 172 valence electrons. The first-order valence-corrected chi connectivity index (χ1v) is 11.7. The predicted octanol–water partition coefficient (Wildman–Crippen LogP) is 4.83. The lowest BCUT2D eigenvalue weighted by Gasteiger charge is -2.37. The Labute approximate surface area is 194 Å². The van der Waals surface area contributed by atoms with Crippen LogP contribution in [-0.4, -0.2) is 54.1 Å². The third-order valence-corrected chi connectivity index (χ3v) is 6.58. The number of piperidine rings is 1. The van der Waals surface area contributed by atoms with E-state index in [1.807, 2.05) is 67.3 Å². The fourth-order valence-electron chi connectivity index (χ4n) is 4.84. The summed E-state index contributed by atoms with van der Waals surface area (Å²) in [4.78, 5) is 15.5. The fourth-order valence-corrected chi connectivity index (χ4v) is 4.84. The van der Waals surface area contributed by atoms with E-state index in [4.69, 9.17) is 14.2 Å². The molecular formula is C27H30N2O4. The molecule has 0 radical (unpaired) electrons. The van der Waals surface area contributed by atoms with Crippen LogP contribution < -0.4 is 4.74 Å². The summed E-state index contributed by atoms with van der Waals surface area (Å²) in [6.45, 7) is 7.16. The number of hydrogen-bond acceptors (Lipinski definition) is 4. The van der Waals surface area contributed by atoms with E-state index >= 15 is 0 Å². The number of aromatic nitrogens is 1. The molecule has 1 aromatic heterocycles. The van der Waals surface area contributed by atoms with Crippen molar-refractivity contribution in [3.8, 4) is 22.7 Å². The van der Waals surface area contributed by atoms with E-state index in [1.165, 1.54) is 0 Å². The Morgan fingerprint density at radius 2 is 1.67 bits per heavy atom. The van der Waals surface area contributed by atoms with Crippen LogP contribution in [0, 0.1) is 6.92 Å². The number of hydrogen-bond donors (Lipinski definition) is 0. The van der Waals surface area contributed by atoms with Crippen LogP contribution in [0.15, 0.2) is 60.7 Å². The maximum atomic E-state index is 13.6. The van der Waals surface area contributed by atoms with Gasteiger partial charge in [-0.2, -0.15) is 0 Å². The number of rotatable bonds is 5. The van der Waals surface area contributed by atoms with Gasteiger partial charge in [0.1, 0.15) is 5.75 Å². The summed E-state index contributed by atoms with van der Waals surface area (Å²) >= 11 is 0. The van der Waals surface area contributed by atoms with Crippen molar-refractivity contribution in [3.05, 3.63) is 71.9 Å². The Morgan fingerprint density at radius 1 is 1.00 bits per heavy atom. The van der Waals surface area contributed by atoms with Crippen molar-refractivity contribution in [3.63, 3.8) is 0 Å². The topological polar surface area (TPSA) is 52.9 Å². The standard InChI is InChI=1S/C27H30N2O4/c1-3-31-23-11-9-22(10-12-23)29-20(2)24(19-25(29)21-7-5-4-6-8-21)26(30)28-15-13-27(14-16-28)32-17-18-33-27/h4-12,19H,3,13-18H2,1-2H3. The molecular weight excluding hydrogens is 416 g/mol. The minimum atomic E-state index is -0.491. The zero-order chi connectivity index (χ0) is 22.8. The van der Waals surface area contributed by atoms with Gasteiger partial charge in [-0.15, -0.1) is 0 Å². The third kappa shape index (κ3) is 4.16. The number of likely N-dealkylation sites (tertiary alicyclic amines) is 1. The van der Waals surface area contributed by atoms with Crippen LogP contribution in [0.2, 0.25) is 0 Å². The van der Waals surface area contributed by atoms with Gasteiger partial charge in [0.15, 0.2) is 5.79 Å². The van der Waals surface area contributed by atoms with Crippen LogP contribution in [0.25, 0.3) is 16.9 Å². The van der Waals surface area contributed by atoms with Crippen molar-refractivity contribution in [1.29, 1.82) is 0 Å². The van der Waals surface area contributed by atoms with Crippen molar-refractivity contribution in [2.24, 2.45) is 0 Å². The van der Waals surface area contributed by atoms with E-state index in [0.29, 0.717) is 45.8 Å². The van der Waals surface area contributed by atoms with Crippen molar-refractivity contribution in [2.45, 2.75) is 32.5 Å². The first kappa shape index (κ1) is 21.7. The summed E-state index contributed by atoms with van der Waals surface area (Å²) in [5, 5.41) is 0. The minimum Gasteiger partial charge on any atom is -0.494 e. The first-order valence-electron chi connectivity index (χ1n) is 11.7. The Morgan fingerprint density at radius 3 is 2.30 bits per heavy atom. The summed E-state index contributed by atoms with van der Waals surface area (Å²) in [6, 6.07) is 20.2. The molecule has 6 nitrogen and oxygen atoms in total. The van der Waals surface area contributed by atoms with Crippen molar-refractivity contribution >= 4 is 5.91 Å². The molecule has 5 rings (SSSR count). The van der Waals surface area contributed by atoms with E-state index in [-0.39, 0.29) is 5.91 Å². The van der Waals surface area contributed by atoms with Gasteiger partial charge in [0.2, 0.25) is 0 Å². The molecule has 3 heterocycles. The van der Waals surface area contributed by atoms with Gasteiger partial charge in [0.25, 0.3) is 5.91 Å². The van der Waals surface area contributed by atoms with Gasteiger partial charge < -0.3 is 23.7 Å². The molecule has 6 heteroatoms. The Kier molecular flexibility index (Phi) is 5.96. The zero-order valence-electron chi connectivity index (χ0n) is 19.3. The quantitative estimate of drug-likeness (QED) is 0.563. The smallest absolute Gasteiger partial charge is 0.255 e. The highest BCUT2D eigenvalue weighted by molar-refractivity contribution is 5.97. The summed E-state index contributed by atoms with van der Waals surface area (Å²) in [6.07, 6.45) is 1.42. The zero-order valence-corrected chi connectivity index (χ0v) is 19.3. The van der Waals surface area contributed by atoms with Gasteiger partial charge in [-0.3, -0.25) is 4.79 Å². The van der Waals surface area contributed by atoms with Crippen LogP contribution in [0.1, 0.15) is 35.8 Å². The predicted molar refractivity (Wildman–Crippen MR) is 127 cm³/mol. The lowest BCUT2D eigenvalue weighted by atomic mass is 10.0. The number of carbonyl (C=O) groups excluding carboxylic acids is 1. The second-order valence-electron chi connectivity index (χ2n) is 8.56. The van der Waals surface area contributed by atoms with E-state index in [9.17, 15) is 4.79 Å². The highest BCUT2D eigenvalue weighted by atomic mass is 16.7. The lowest BCUT2D eigenvalue weighted by molar-refractivity contribution is -0.181. The second-order valence-corrected chi connectivity index (χ2v) is 8.56. The van der Waals surface area contributed by atoms with Gasteiger partial charge in [-0.25, -0.2) is 0 Å². The molecule has 2 saturated heterocycles.